The number of halogens is 1. The number of carbonyl (C=O) groups is 1. The van der Waals surface area contributed by atoms with Gasteiger partial charge in [0, 0.05) is 25.0 Å². The van der Waals surface area contributed by atoms with Crippen LogP contribution in [0.1, 0.15) is 23.8 Å². The van der Waals surface area contributed by atoms with Gasteiger partial charge in [0.05, 0.1) is 12.7 Å². The average molecular weight is 331 g/mol. The Kier molecular flexibility index (Phi) is 4.44. The van der Waals surface area contributed by atoms with E-state index in [4.69, 9.17) is 4.74 Å². The topological polar surface area (TPSA) is 75.5 Å². The van der Waals surface area contributed by atoms with Gasteiger partial charge in [-0.2, -0.15) is 0 Å². The van der Waals surface area contributed by atoms with Crippen LogP contribution >= 0.6 is 0 Å². The number of aliphatic hydroxyl groups is 1. The van der Waals surface area contributed by atoms with Crippen molar-refractivity contribution in [2.75, 3.05) is 13.1 Å². The fourth-order valence-corrected chi connectivity index (χ4v) is 2.64. The number of ether oxygens (including phenoxy) is 1. The van der Waals surface area contributed by atoms with Crippen molar-refractivity contribution in [2.24, 2.45) is 0 Å². The molecular formula is C17H18FN3O3. The number of hydrogen-bond acceptors (Lipinski definition) is 5. The minimum Gasteiger partial charge on any atom is -0.485 e. The van der Waals surface area contributed by atoms with Crippen LogP contribution in [0.2, 0.25) is 0 Å². The summed E-state index contributed by atoms with van der Waals surface area (Å²) in [7, 11) is 0. The van der Waals surface area contributed by atoms with Gasteiger partial charge in [-0.1, -0.05) is 6.07 Å². The first-order valence-electron chi connectivity index (χ1n) is 7.65. The van der Waals surface area contributed by atoms with E-state index in [1.807, 2.05) is 0 Å². The highest BCUT2D eigenvalue weighted by Gasteiger charge is 2.41. The quantitative estimate of drug-likeness (QED) is 0.926. The number of rotatable bonds is 3. The van der Waals surface area contributed by atoms with E-state index in [1.54, 1.807) is 17.9 Å². The maximum Gasteiger partial charge on any atom is 0.274 e. The summed E-state index contributed by atoms with van der Waals surface area (Å²) < 4.78 is 19.1. The van der Waals surface area contributed by atoms with Gasteiger partial charge < -0.3 is 14.7 Å². The highest BCUT2D eigenvalue weighted by Crippen LogP contribution is 2.27. The molecule has 7 heteroatoms. The van der Waals surface area contributed by atoms with E-state index in [-0.39, 0.29) is 18.1 Å². The highest BCUT2D eigenvalue weighted by atomic mass is 19.1. The molecule has 24 heavy (non-hydrogen) atoms. The zero-order valence-corrected chi connectivity index (χ0v) is 13.2. The highest BCUT2D eigenvalue weighted by molar-refractivity contribution is 5.92. The summed E-state index contributed by atoms with van der Waals surface area (Å²) in [6, 6.07) is 5.71. The molecule has 0 radical (unpaired) electrons. The standard InChI is InChI=1S/C17H18FN3O3/c1-17(23)5-8-21(16(22)14-10-19-6-7-20-14)11-15(17)24-13-4-2-3-12(18)9-13/h2-4,6-7,9-10,15,23H,5,8,11H2,1H3/t15-,17-/m1/s1. The molecule has 1 aromatic heterocycles. The lowest BCUT2D eigenvalue weighted by molar-refractivity contribution is -0.0882. The van der Waals surface area contributed by atoms with Crippen molar-refractivity contribution in [1.82, 2.24) is 14.9 Å². The second kappa shape index (κ2) is 6.52. The van der Waals surface area contributed by atoms with E-state index in [2.05, 4.69) is 9.97 Å². The molecule has 2 atom stereocenters. The fourth-order valence-electron chi connectivity index (χ4n) is 2.64. The molecule has 126 valence electrons. The molecule has 1 amide bonds. The molecular weight excluding hydrogens is 313 g/mol. The Morgan fingerprint density at radius 3 is 3.00 bits per heavy atom. The monoisotopic (exact) mass is 331 g/mol. The van der Waals surface area contributed by atoms with Crippen LogP contribution in [0.4, 0.5) is 4.39 Å². The predicted molar refractivity (Wildman–Crippen MR) is 84.0 cm³/mol. The molecule has 2 heterocycles. The molecule has 0 bridgehead atoms. The van der Waals surface area contributed by atoms with E-state index >= 15 is 0 Å². The molecule has 0 aliphatic carbocycles. The van der Waals surface area contributed by atoms with Gasteiger partial charge >= 0.3 is 0 Å². The molecule has 3 rings (SSSR count). The van der Waals surface area contributed by atoms with Gasteiger partial charge in [0.1, 0.15) is 29.0 Å². The molecule has 0 spiro atoms. The summed E-state index contributed by atoms with van der Waals surface area (Å²) in [5.74, 6) is -0.379. The number of piperidine rings is 1. The second-order valence-electron chi connectivity index (χ2n) is 6.01. The smallest absolute Gasteiger partial charge is 0.274 e. The Balaban J connectivity index is 1.76. The van der Waals surface area contributed by atoms with Gasteiger partial charge in [0.2, 0.25) is 0 Å². The number of nitrogens with zero attached hydrogens (tertiary/aromatic N) is 3. The van der Waals surface area contributed by atoms with Crippen LogP contribution in [0.15, 0.2) is 42.9 Å². The summed E-state index contributed by atoms with van der Waals surface area (Å²) in [4.78, 5) is 21.9. The first kappa shape index (κ1) is 16.3. The van der Waals surface area contributed by atoms with Crippen molar-refractivity contribution in [2.45, 2.75) is 25.0 Å². The normalized spacial score (nSPS) is 23.8. The number of hydrogen-bond donors (Lipinski definition) is 1. The Morgan fingerprint density at radius 1 is 1.46 bits per heavy atom. The Morgan fingerprint density at radius 2 is 2.29 bits per heavy atom. The summed E-state index contributed by atoms with van der Waals surface area (Å²) in [6.45, 7) is 2.21. The van der Waals surface area contributed by atoms with Crippen LogP contribution in [-0.2, 0) is 0 Å². The minimum atomic E-state index is -1.12. The Bertz CT molecular complexity index is 724. The average Bonchev–Trinajstić information content (AvgIpc) is 2.57. The Hall–Kier alpha value is -2.54. The zero-order chi connectivity index (χ0) is 17.2. The van der Waals surface area contributed by atoms with Gasteiger partial charge in [-0.05, 0) is 25.5 Å². The van der Waals surface area contributed by atoms with E-state index in [0.717, 1.165) is 0 Å². The SMILES string of the molecule is C[C@@]1(O)CCN(C(=O)c2cnccn2)C[C@H]1Oc1cccc(F)c1. The predicted octanol–water partition coefficient (Wildman–Crippen LogP) is 1.66. The lowest BCUT2D eigenvalue weighted by atomic mass is 9.90. The van der Waals surface area contributed by atoms with E-state index < -0.39 is 17.5 Å². The van der Waals surface area contributed by atoms with Crippen LogP contribution < -0.4 is 4.74 Å². The second-order valence-corrected chi connectivity index (χ2v) is 6.01. The van der Waals surface area contributed by atoms with E-state index in [1.165, 1.54) is 36.8 Å². The molecule has 2 aromatic rings. The number of amides is 1. The van der Waals surface area contributed by atoms with Crippen molar-refractivity contribution in [3.8, 4) is 5.75 Å². The molecule has 0 unspecified atom stereocenters. The van der Waals surface area contributed by atoms with Crippen LogP contribution in [-0.4, -0.2) is 50.7 Å². The summed E-state index contributed by atoms with van der Waals surface area (Å²) >= 11 is 0. The van der Waals surface area contributed by atoms with Crippen molar-refractivity contribution in [1.29, 1.82) is 0 Å². The number of carbonyl (C=O) groups excluding carboxylic acids is 1. The van der Waals surface area contributed by atoms with Crippen LogP contribution in [0.3, 0.4) is 0 Å². The van der Waals surface area contributed by atoms with Crippen molar-refractivity contribution >= 4 is 5.91 Å². The molecule has 1 aliphatic heterocycles. The fraction of sp³-hybridized carbons (Fsp3) is 0.353. The zero-order valence-electron chi connectivity index (χ0n) is 13.2. The van der Waals surface area contributed by atoms with Crippen LogP contribution in [0, 0.1) is 5.82 Å². The minimum absolute atomic E-state index is 0.179. The number of likely N-dealkylation sites (tertiary alicyclic amines) is 1. The molecule has 1 saturated heterocycles. The van der Waals surface area contributed by atoms with Gasteiger partial charge in [-0.25, -0.2) is 9.37 Å². The molecule has 1 aliphatic rings. The summed E-state index contributed by atoms with van der Waals surface area (Å²) in [5, 5.41) is 10.6. The van der Waals surface area contributed by atoms with E-state index in [9.17, 15) is 14.3 Å². The lowest BCUT2D eigenvalue weighted by Gasteiger charge is -2.42. The third kappa shape index (κ3) is 3.51. The number of aromatic nitrogens is 2. The van der Waals surface area contributed by atoms with Gasteiger partial charge in [0.15, 0.2) is 0 Å². The lowest BCUT2D eigenvalue weighted by Crippen LogP contribution is -2.57. The first-order valence-corrected chi connectivity index (χ1v) is 7.65. The van der Waals surface area contributed by atoms with Crippen molar-refractivity contribution < 1.29 is 19.0 Å². The summed E-state index contributed by atoms with van der Waals surface area (Å²) in [5.41, 5.74) is -0.880. The third-order valence-electron chi connectivity index (χ3n) is 4.11. The molecule has 6 nitrogen and oxygen atoms in total. The Labute approximate surface area is 138 Å². The summed E-state index contributed by atoms with van der Waals surface area (Å²) in [6.07, 6.45) is 4.02. The molecule has 0 saturated carbocycles. The third-order valence-corrected chi connectivity index (χ3v) is 4.11. The van der Waals surface area contributed by atoms with Crippen LogP contribution in [0.5, 0.6) is 5.75 Å². The molecule has 1 N–H and O–H groups in total. The van der Waals surface area contributed by atoms with E-state index in [0.29, 0.717) is 18.7 Å². The van der Waals surface area contributed by atoms with Crippen molar-refractivity contribution in [3.05, 3.63) is 54.4 Å². The van der Waals surface area contributed by atoms with Crippen LogP contribution in [0.25, 0.3) is 0 Å². The number of benzene rings is 1. The first-order chi connectivity index (χ1) is 11.5. The van der Waals surface area contributed by atoms with Crippen molar-refractivity contribution in [3.63, 3.8) is 0 Å². The molecule has 1 aromatic carbocycles. The maximum atomic E-state index is 13.3. The largest absolute Gasteiger partial charge is 0.485 e. The van der Waals surface area contributed by atoms with Gasteiger partial charge in [-0.3, -0.25) is 9.78 Å². The maximum absolute atomic E-state index is 13.3. The molecule has 1 fully saturated rings. The van der Waals surface area contributed by atoms with Gasteiger partial charge in [-0.15, -0.1) is 0 Å². The van der Waals surface area contributed by atoms with Gasteiger partial charge in [0.25, 0.3) is 5.91 Å².